The molecule has 0 saturated carbocycles. The molecule has 5 rings (SSSR count). The Kier molecular flexibility index (Phi) is 8.03. The van der Waals surface area contributed by atoms with E-state index in [4.69, 9.17) is 30.5 Å². The predicted octanol–water partition coefficient (Wildman–Crippen LogP) is 5.17. The van der Waals surface area contributed by atoms with Crippen LogP contribution in [0.4, 0.5) is 14.9 Å². The Bertz CT molecular complexity index is 1670. The number of phosphoric acid groups is 1. The highest BCUT2D eigenvalue weighted by Crippen LogP contribution is 2.36. The monoisotopic (exact) mass is 603 g/mol. The Morgan fingerprint density at radius 2 is 1.98 bits per heavy atom. The van der Waals surface area contributed by atoms with Gasteiger partial charge in [0.1, 0.15) is 22.9 Å². The maximum Gasteiger partial charge on any atom is 0.472 e. The highest BCUT2D eigenvalue weighted by Gasteiger charge is 2.30. The Balaban J connectivity index is 1.30. The van der Waals surface area contributed by atoms with Gasteiger partial charge in [-0.1, -0.05) is 23.7 Å². The summed E-state index contributed by atoms with van der Waals surface area (Å²) < 4.78 is 40.5. The summed E-state index contributed by atoms with van der Waals surface area (Å²) in [5.41, 5.74) is 2.25. The van der Waals surface area contributed by atoms with Gasteiger partial charge in [0.25, 0.3) is 5.91 Å². The number of benzene rings is 3. The number of carbonyl (C=O) groups excluding carboxylic acids is 2. The highest BCUT2D eigenvalue weighted by atomic mass is 35.5. The molecule has 41 heavy (non-hydrogen) atoms. The van der Waals surface area contributed by atoms with Crippen molar-refractivity contribution in [3.05, 3.63) is 94.0 Å². The zero-order valence-corrected chi connectivity index (χ0v) is 23.2. The van der Waals surface area contributed by atoms with Crippen molar-refractivity contribution in [3.8, 4) is 5.75 Å². The van der Waals surface area contributed by atoms with E-state index in [0.29, 0.717) is 40.3 Å². The minimum Gasteiger partial charge on any atom is -0.467 e. The summed E-state index contributed by atoms with van der Waals surface area (Å²) in [5, 5.41) is 3.62. The van der Waals surface area contributed by atoms with Crippen LogP contribution in [0.5, 0.6) is 5.75 Å². The van der Waals surface area contributed by atoms with Crippen molar-refractivity contribution in [1.29, 1.82) is 0 Å². The van der Waals surface area contributed by atoms with Gasteiger partial charge in [0.05, 0.1) is 18.8 Å². The highest BCUT2D eigenvalue weighted by molar-refractivity contribution is 7.46. The molecule has 0 aliphatic carbocycles. The number of amides is 3. The van der Waals surface area contributed by atoms with Crippen LogP contribution in [-0.2, 0) is 28.7 Å². The van der Waals surface area contributed by atoms with Gasteiger partial charge in [0.15, 0.2) is 6.79 Å². The van der Waals surface area contributed by atoms with Crippen LogP contribution >= 0.6 is 19.4 Å². The topological polar surface area (TPSA) is 142 Å². The first kappa shape index (κ1) is 28.6. The molecule has 214 valence electrons. The Hall–Kier alpha value is -3.93. The van der Waals surface area contributed by atoms with Crippen LogP contribution < -0.4 is 15.0 Å². The summed E-state index contributed by atoms with van der Waals surface area (Å²) >= 11 is 6.21. The molecule has 0 spiro atoms. The van der Waals surface area contributed by atoms with E-state index in [0.717, 1.165) is 5.56 Å². The average molecular weight is 604 g/mol. The summed E-state index contributed by atoms with van der Waals surface area (Å²) in [6.45, 7) is -0.362. The normalized spacial score (nSPS) is 13.4. The third-order valence-corrected chi connectivity index (χ3v) is 7.19. The van der Waals surface area contributed by atoms with Gasteiger partial charge in [0.2, 0.25) is 0 Å². The van der Waals surface area contributed by atoms with Crippen LogP contribution in [0.15, 0.2) is 65.1 Å². The molecule has 3 aromatic carbocycles. The summed E-state index contributed by atoms with van der Waals surface area (Å²) in [7, 11) is -3.01. The Labute approximate surface area is 238 Å². The number of nitrogens with zero attached hydrogens (tertiary/aromatic N) is 2. The Morgan fingerprint density at radius 3 is 2.73 bits per heavy atom. The van der Waals surface area contributed by atoms with Crippen LogP contribution in [0.3, 0.4) is 0 Å². The fourth-order valence-electron chi connectivity index (χ4n) is 4.40. The van der Waals surface area contributed by atoms with Gasteiger partial charge in [0, 0.05) is 35.1 Å². The number of phosphoric ester groups is 1. The lowest BCUT2D eigenvalue weighted by atomic mass is 10.0. The first-order chi connectivity index (χ1) is 19.5. The molecule has 3 N–H and O–H groups in total. The van der Waals surface area contributed by atoms with Gasteiger partial charge in [-0.3, -0.25) is 9.69 Å². The van der Waals surface area contributed by atoms with Crippen LogP contribution in [-0.4, -0.2) is 40.5 Å². The number of fused-ring (bicyclic) bond motifs is 2. The zero-order valence-electron chi connectivity index (χ0n) is 21.5. The van der Waals surface area contributed by atoms with Gasteiger partial charge in [-0.2, -0.15) is 0 Å². The van der Waals surface area contributed by atoms with Gasteiger partial charge in [-0.25, -0.2) is 18.3 Å². The fraction of sp³-hybridized carbons (Fsp3) is 0.185. The third kappa shape index (κ3) is 6.53. The second-order valence-corrected chi connectivity index (χ2v) is 10.9. The molecule has 1 aliphatic heterocycles. The minimum atomic E-state index is -4.65. The number of nitrogens with one attached hydrogen (secondary N) is 1. The first-order valence-electron chi connectivity index (χ1n) is 12.2. The molecular weight excluding hydrogens is 580 g/mol. The van der Waals surface area contributed by atoms with E-state index in [1.807, 2.05) is 0 Å². The summed E-state index contributed by atoms with van der Waals surface area (Å²) in [6.07, 6.45) is 0. The van der Waals surface area contributed by atoms with Crippen LogP contribution in [0.25, 0.3) is 11.0 Å². The first-order valence-corrected chi connectivity index (χ1v) is 14.1. The lowest BCUT2D eigenvalue weighted by Gasteiger charge is -2.35. The molecule has 0 unspecified atom stereocenters. The molecule has 14 heteroatoms. The standard InChI is InChI=1S/C27H24ClFN3O8P/c1-31-13-17-6-5-16(11-24(17)32(27(31)34)14-21-22(28)3-2-4-23(21)29)26(33)30-12-20-10-18-9-19(7-8-25(18)40-20)38-15-39-41(35,36)37/h2-11H,12-15H2,1H3,(H,30,33)(H2,35,36,37). The summed E-state index contributed by atoms with van der Waals surface area (Å²) in [6, 6.07) is 15.4. The van der Waals surface area contributed by atoms with Crippen molar-refractivity contribution in [2.75, 3.05) is 18.7 Å². The number of rotatable bonds is 9. The molecule has 0 radical (unpaired) electrons. The van der Waals surface area contributed by atoms with Gasteiger partial charge < -0.3 is 29.2 Å². The average Bonchev–Trinajstić information content (AvgIpc) is 3.33. The predicted molar refractivity (Wildman–Crippen MR) is 147 cm³/mol. The molecule has 0 saturated heterocycles. The van der Waals surface area contributed by atoms with Crippen molar-refractivity contribution in [1.82, 2.24) is 10.2 Å². The van der Waals surface area contributed by atoms with Crippen LogP contribution in [0, 0.1) is 5.82 Å². The number of anilines is 1. The number of ether oxygens (including phenoxy) is 1. The Morgan fingerprint density at radius 1 is 1.17 bits per heavy atom. The largest absolute Gasteiger partial charge is 0.472 e. The zero-order chi connectivity index (χ0) is 29.3. The fourth-order valence-corrected chi connectivity index (χ4v) is 4.82. The van der Waals surface area contributed by atoms with Crippen molar-refractivity contribution in [2.45, 2.75) is 19.6 Å². The van der Waals surface area contributed by atoms with Crippen LogP contribution in [0.2, 0.25) is 5.02 Å². The van der Waals surface area contributed by atoms with E-state index in [2.05, 4.69) is 9.84 Å². The summed E-state index contributed by atoms with van der Waals surface area (Å²) in [5.74, 6) is -0.199. The van der Waals surface area contributed by atoms with E-state index in [-0.39, 0.29) is 29.7 Å². The molecule has 11 nitrogen and oxygen atoms in total. The quantitative estimate of drug-likeness (QED) is 0.176. The van der Waals surface area contributed by atoms with E-state index >= 15 is 0 Å². The molecule has 0 atom stereocenters. The van der Waals surface area contributed by atoms with Crippen molar-refractivity contribution >= 4 is 48.0 Å². The number of urea groups is 1. The molecule has 4 aromatic rings. The number of hydrogen-bond donors (Lipinski definition) is 3. The number of hydrogen-bond acceptors (Lipinski definition) is 6. The molecule has 0 fully saturated rings. The van der Waals surface area contributed by atoms with Gasteiger partial charge >= 0.3 is 13.9 Å². The van der Waals surface area contributed by atoms with E-state index in [1.54, 1.807) is 55.6 Å². The maximum atomic E-state index is 14.5. The van der Waals surface area contributed by atoms with Crippen LogP contribution in [0.1, 0.15) is 27.2 Å². The van der Waals surface area contributed by atoms with Gasteiger partial charge in [-0.15, -0.1) is 0 Å². The number of carbonyl (C=O) groups is 2. The molecule has 3 amide bonds. The SMILES string of the molecule is CN1Cc2ccc(C(=O)NCc3cc4cc(OCOP(=O)(O)O)ccc4o3)cc2N(Cc2c(F)cccc2Cl)C1=O. The lowest BCUT2D eigenvalue weighted by molar-refractivity contribution is 0.0829. The second kappa shape index (κ2) is 11.5. The molecule has 0 bridgehead atoms. The molecule has 2 heterocycles. The van der Waals surface area contributed by atoms with E-state index in [1.165, 1.54) is 21.9 Å². The van der Waals surface area contributed by atoms with Crippen molar-refractivity contribution in [3.63, 3.8) is 0 Å². The summed E-state index contributed by atoms with van der Waals surface area (Å²) in [4.78, 5) is 46.5. The molecule has 1 aliphatic rings. The maximum absolute atomic E-state index is 14.5. The third-order valence-electron chi connectivity index (χ3n) is 6.39. The van der Waals surface area contributed by atoms with E-state index in [9.17, 15) is 18.5 Å². The van der Waals surface area contributed by atoms with Crippen molar-refractivity contribution < 1.29 is 42.0 Å². The molecule has 1 aromatic heterocycles. The number of halogens is 2. The van der Waals surface area contributed by atoms with Gasteiger partial charge in [-0.05, 0) is 54.1 Å². The molecular formula is C27H24ClFN3O8P. The van der Waals surface area contributed by atoms with Crippen molar-refractivity contribution in [2.24, 2.45) is 0 Å². The smallest absolute Gasteiger partial charge is 0.467 e. The lowest BCUT2D eigenvalue weighted by Crippen LogP contribution is -2.45. The number of furan rings is 1. The second-order valence-electron chi connectivity index (χ2n) is 9.25. The van der Waals surface area contributed by atoms with E-state index < -0.39 is 26.3 Å². The minimum absolute atomic E-state index is 0.0539.